The van der Waals surface area contributed by atoms with Gasteiger partial charge in [0.25, 0.3) is 0 Å². The Morgan fingerprint density at radius 2 is 1.04 bits per heavy atom. The predicted octanol–water partition coefficient (Wildman–Crippen LogP) is 12.2. The molecule has 0 saturated carbocycles. The minimum atomic E-state index is 0.0476. The summed E-state index contributed by atoms with van der Waals surface area (Å²) in [5.74, 6) is 0.121. The second-order valence-corrected chi connectivity index (χ2v) is 13.6. The standard InChI is InChI=1S/C29H25N.C13H12.C7H8N2/c1-29(2)27-13-5-4-12-25(27)26-18-24(14-15-28(26)29)23-11-7-10-22(17-23)21-9-6-8-20(16-21)19-30-3;1-11-7-9-13(10-8-11)12-5-3-2-4-6-12;8-7(9)6-4-2-1-3-5-6/h4-18H,3,19H2,1-2H3;2-10H,1H3;1-5H,(H3,8,9). The van der Waals surface area contributed by atoms with E-state index in [-0.39, 0.29) is 11.3 Å². The van der Waals surface area contributed by atoms with Crippen LogP contribution in [0.2, 0.25) is 0 Å². The molecule has 0 amide bonds. The normalized spacial score (nSPS) is 11.8. The average Bonchev–Trinajstić information content (AvgIpc) is 3.42. The number of nitrogens with one attached hydrogen (secondary N) is 1. The Balaban J connectivity index is 0.000000172. The fourth-order valence-corrected chi connectivity index (χ4v) is 6.75. The molecule has 0 heterocycles. The Morgan fingerprint density at radius 1 is 0.538 bits per heavy atom. The second kappa shape index (κ2) is 16.1. The van der Waals surface area contributed by atoms with E-state index in [1.807, 2.05) is 36.4 Å². The van der Waals surface area contributed by atoms with E-state index >= 15 is 0 Å². The van der Waals surface area contributed by atoms with Gasteiger partial charge in [-0.2, -0.15) is 0 Å². The van der Waals surface area contributed by atoms with Crippen molar-refractivity contribution in [3.63, 3.8) is 0 Å². The van der Waals surface area contributed by atoms with E-state index in [2.05, 4.69) is 172 Å². The molecule has 3 heteroatoms. The van der Waals surface area contributed by atoms with E-state index in [0.29, 0.717) is 6.54 Å². The third-order valence-corrected chi connectivity index (χ3v) is 9.58. The number of fused-ring (bicyclic) bond motifs is 3. The summed E-state index contributed by atoms with van der Waals surface area (Å²) in [6.45, 7) is 11.0. The van der Waals surface area contributed by atoms with Gasteiger partial charge in [0.2, 0.25) is 0 Å². The number of amidine groups is 1. The van der Waals surface area contributed by atoms with Crippen molar-refractivity contribution in [3.8, 4) is 44.5 Å². The maximum absolute atomic E-state index is 7.01. The lowest BCUT2D eigenvalue weighted by molar-refractivity contribution is 0.660. The maximum atomic E-state index is 7.01. The van der Waals surface area contributed by atoms with Gasteiger partial charge >= 0.3 is 0 Å². The second-order valence-electron chi connectivity index (χ2n) is 13.6. The highest BCUT2D eigenvalue weighted by Gasteiger charge is 2.35. The van der Waals surface area contributed by atoms with Crippen LogP contribution in [0, 0.1) is 12.3 Å². The van der Waals surface area contributed by atoms with Crippen LogP contribution >= 0.6 is 0 Å². The van der Waals surface area contributed by atoms with Crippen LogP contribution in [0.25, 0.3) is 44.5 Å². The van der Waals surface area contributed by atoms with Gasteiger partial charge < -0.3 is 5.73 Å². The molecule has 0 radical (unpaired) electrons. The van der Waals surface area contributed by atoms with Crippen molar-refractivity contribution in [2.75, 3.05) is 0 Å². The van der Waals surface area contributed by atoms with E-state index in [0.717, 1.165) is 5.56 Å². The van der Waals surface area contributed by atoms with Crippen molar-refractivity contribution in [1.82, 2.24) is 0 Å². The Labute approximate surface area is 308 Å². The van der Waals surface area contributed by atoms with E-state index in [4.69, 9.17) is 11.1 Å². The lowest BCUT2D eigenvalue weighted by Crippen LogP contribution is -2.14. The highest BCUT2D eigenvalue weighted by molar-refractivity contribution is 5.94. The van der Waals surface area contributed by atoms with Crippen LogP contribution in [0.3, 0.4) is 0 Å². The van der Waals surface area contributed by atoms with Gasteiger partial charge in [0.1, 0.15) is 5.84 Å². The Morgan fingerprint density at radius 3 is 1.67 bits per heavy atom. The lowest BCUT2D eigenvalue weighted by atomic mass is 9.82. The van der Waals surface area contributed by atoms with Crippen molar-refractivity contribution in [2.45, 2.75) is 32.7 Å². The van der Waals surface area contributed by atoms with Crippen LogP contribution in [-0.4, -0.2) is 12.6 Å². The number of nitrogens with two attached hydrogens (primary N) is 1. The number of nitrogen functional groups attached to an aromatic ring is 1. The number of aliphatic imine (C=N–C) groups is 1. The summed E-state index contributed by atoms with van der Waals surface area (Å²) in [4.78, 5) is 4.02. The number of rotatable bonds is 6. The Bertz CT molecular complexity index is 2290. The maximum Gasteiger partial charge on any atom is 0.122 e. The van der Waals surface area contributed by atoms with Crippen molar-refractivity contribution >= 4 is 12.6 Å². The van der Waals surface area contributed by atoms with Gasteiger partial charge in [0, 0.05) is 11.0 Å². The summed E-state index contributed by atoms with van der Waals surface area (Å²) in [6.07, 6.45) is 0. The number of nitrogens with zero attached hydrogens (tertiary/aromatic N) is 1. The topological polar surface area (TPSA) is 62.2 Å². The molecule has 0 atom stereocenters. The molecule has 0 unspecified atom stereocenters. The largest absolute Gasteiger partial charge is 0.384 e. The molecule has 7 aromatic carbocycles. The van der Waals surface area contributed by atoms with Gasteiger partial charge in [-0.3, -0.25) is 10.4 Å². The van der Waals surface area contributed by atoms with Crippen molar-refractivity contribution < 1.29 is 0 Å². The number of benzene rings is 7. The van der Waals surface area contributed by atoms with Gasteiger partial charge in [-0.25, -0.2) is 0 Å². The van der Waals surface area contributed by atoms with Gasteiger partial charge in [-0.05, 0) is 93.0 Å². The molecule has 256 valence electrons. The van der Waals surface area contributed by atoms with Crippen molar-refractivity contribution in [2.24, 2.45) is 10.7 Å². The van der Waals surface area contributed by atoms with E-state index < -0.39 is 0 Å². The molecule has 0 aromatic heterocycles. The Kier molecular flexibility index (Phi) is 11.0. The minimum Gasteiger partial charge on any atom is -0.384 e. The van der Waals surface area contributed by atoms with Crippen molar-refractivity contribution in [1.29, 1.82) is 5.41 Å². The third kappa shape index (κ3) is 8.17. The quantitative estimate of drug-likeness (QED) is 0.134. The van der Waals surface area contributed by atoms with E-state index in [1.165, 1.54) is 66.8 Å². The lowest BCUT2D eigenvalue weighted by Gasteiger charge is -2.21. The smallest absolute Gasteiger partial charge is 0.122 e. The monoisotopic (exact) mass is 675 g/mol. The summed E-state index contributed by atoms with van der Waals surface area (Å²) in [5.41, 5.74) is 21.6. The van der Waals surface area contributed by atoms with Gasteiger partial charge in [-0.1, -0.05) is 177 Å². The summed E-state index contributed by atoms with van der Waals surface area (Å²) in [6, 6.07) is 61.4. The average molecular weight is 676 g/mol. The fraction of sp³-hybridized carbons (Fsp3) is 0.102. The number of aryl methyl sites for hydroxylation is 1. The van der Waals surface area contributed by atoms with Gasteiger partial charge in [0.15, 0.2) is 0 Å². The van der Waals surface area contributed by atoms with E-state index in [1.54, 1.807) is 0 Å². The first-order valence-electron chi connectivity index (χ1n) is 17.6. The van der Waals surface area contributed by atoms with Crippen LogP contribution in [0.15, 0.2) is 181 Å². The molecular formula is C49H45N3. The van der Waals surface area contributed by atoms with Crippen LogP contribution in [0.5, 0.6) is 0 Å². The molecule has 52 heavy (non-hydrogen) atoms. The summed E-state index contributed by atoms with van der Waals surface area (Å²) >= 11 is 0. The van der Waals surface area contributed by atoms with Crippen LogP contribution in [0.4, 0.5) is 0 Å². The van der Waals surface area contributed by atoms with Crippen LogP contribution in [0.1, 0.15) is 41.7 Å². The summed E-state index contributed by atoms with van der Waals surface area (Å²) in [5, 5.41) is 7.01. The van der Waals surface area contributed by atoms with Crippen LogP contribution < -0.4 is 5.73 Å². The first-order valence-corrected chi connectivity index (χ1v) is 17.6. The van der Waals surface area contributed by atoms with Gasteiger partial charge in [0.05, 0.1) is 6.54 Å². The molecule has 8 rings (SSSR count). The molecule has 0 spiro atoms. The zero-order valence-corrected chi connectivity index (χ0v) is 30.2. The predicted molar refractivity (Wildman–Crippen MR) is 222 cm³/mol. The first-order chi connectivity index (χ1) is 25.2. The molecule has 0 saturated heterocycles. The number of hydrogen-bond acceptors (Lipinski definition) is 2. The molecule has 3 nitrogen and oxygen atoms in total. The molecule has 0 bridgehead atoms. The summed E-state index contributed by atoms with van der Waals surface area (Å²) in [7, 11) is 0. The Hall–Kier alpha value is -6.32. The minimum absolute atomic E-state index is 0.0476. The zero-order valence-electron chi connectivity index (χ0n) is 30.2. The highest BCUT2D eigenvalue weighted by Crippen LogP contribution is 2.49. The molecular weight excluding hydrogens is 631 g/mol. The third-order valence-electron chi connectivity index (χ3n) is 9.58. The van der Waals surface area contributed by atoms with E-state index in [9.17, 15) is 0 Å². The SMILES string of the molecule is C=NCc1cccc(-c2cccc(-c3ccc4c(c3)-c3ccccc3C4(C)C)c2)c1.Cc1ccc(-c2ccccc2)cc1.N=C(N)c1ccccc1. The molecule has 0 aliphatic heterocycles. The summed E-state index contributed by atoms with van der Waals surface area (Å²) < 4.78 is 0. The van der Waals surface area contributed by atoms with Gasteiger partial charge in [-0.15, -0.1) is 0 Å². The molecule has 1 aliphatic rings. The molecule has 7 aromatic rings. The first kappa shape index (κ1) is 35.5. The number of hydrogen-bond donors (Lipinski definition) is 2. The van der Waals surface area contributed by atoms with Crippen LogP contribution in [-0.2, 0) is 12.0 Å². The highest BCUT2D eigenvalue weighted by atomic mass is 14.7. The molecule has 1 aliphatic carbocycles. The fourth-order valence-electron chi connectivity index (χ4n) is 6.75. The van der Waals surface area contributed by atoms with Crippen molar-refractivity contribution in [3.05, 3.63) is 204 Å². The molecule has 3 N–H and O–H groups in total. The molecule has 0 fully saturated rings. The zero-order chi connectivity index (χ0) is 36.5.